The third kappa shape index (κ3) is 3.77. The molecule has 0 radical (unpaired) electrons. The summed E-state index contributed by atoms with van der Waals surface area (Å²) in [6.45, 7) is 0.969. The number of imide groups is 2. The van der Waals surface area contributed by atoms with Crippen molar-refractivity contribution in [2.75, 3.05) is 0 Å². The van der Waals surface area contributed by atoms with Gasteiger partial charge < -0.3 is 0 Å². The highest BCUT2D eigenvalue weighted by molar-refractivity contribution is 7.11. The highest BCUT2D eigenvalue weighted by atomic mass is 32.1. The molecule has 4 heterocycles. The number of fused-ring (bicyclic) bond motifs is 1. The number of amides is 4. The van der Waals surface area contributed by atoms with E-state index in [1.165, 1.54) is 23.0 Å². The Bertz CT molecular complexity index is 1360. The van der Waals surface area contributed by atoms with Gasteiger partial charge in [-0.2, -0.15) is 8.78 Å². The Morgan fingerprint density at radius 2 is 1.94 bits per heavy atom. The molecule has 2 aliphatic heterocycles. The highest BCUT2D eigenvalue weighted by Gasteiger charge is 2.44. The number of hydrogen-bond acceptors (Lipinski definition) is 8. The van der Waals surface area contributed by atoms with Crippen molar-refractivity contribution in [1.82, 2.24) is 30.2 Å². The van der Waals surface area contributed by atoms with Crippen LogP contribution < -0.4 is 5.32 Å². The fourth-order valence-corrected chi connectivity index (χ4v) is 4.72. The van der Waals surface area contributed by atoms with Crippen molar-refractivity contribution in [3.05, 3.63) is 51.6 Å². The van der Waals surface area contributed by atoms with E-state index in [1.807, 2.05) is 0 Å². The van der Waals surface area contributed by atoms with E-state index in [9.17, 15) is 28.0 Å². The lowest BCUT2D eigenvalue weighted by Crippen LogP contribution is -2.54. The summed E-state index contributed by atoms with van der Waals surface area (Å²) < 4.78 is 28.3. The molecule has 1 aromatic carbocycles. The first-order valence-electron chi connectivity index (χ1n) is 10.2. The normalized spacial score (nSPS) is 18.4. The Morgan fingerprint density at radius 3 is 2.65 bits per heavy atom. The second-order valence-electron chi connectivity index (χ2n) is 8.03. The van der Waals surface area contributed by atoms with Crippen LogP contribution in [0, 0.1) is 0 Å². The van der Waals surface area contributed by atoms with Gasteiger partial charge in [0.05, 0.1) is 23.9 Å². The summed E-state index contributed by atoms with van der Waals surface area (Å²) in [6, 6.07) is 3.54. The fraction of sp³-hybridized carbons (Fsp3) is 0.286. The molecule has 2 aromatic heterocycles. The van der Waals surface area contributed by atoms with Gasteiger partial charge in [0.15, 0.2) is 5.01 Å². The molecular formula is C21H16F2N6O4S. The van der Waals surface area contributed by atoms with Crippen LogP contribution in [0.1, 0.15) is 50.4 Å². The summed E-state index contributed by atoms with van der Waals surface area (Å²) in [7, 11) is 0. The zero-order chi connectivity index (χ0) is 24.2. The standard InChI is InChI=1S/C21H16F2N6O4S/c1-21(22,23)20-24-7-11(34-20)8-28-9-14(26-27-28)10-2-3-12-13(6-10)19(33)29(18(12)32)15-4-5-16(30)25-17(15)31/h2-3,6-7,9,15H,4-5,8H2,1H3,(H,25,30,31). The second-order valence-corrected chi connectivity index (χ2v) is 9.14. The molecule has 4 amide bonds. The molecule has 34 heavy (non-hydrogen) atoms. The minimum absolute atomic E-state index is 0.0370. The van der Waals surface area contributed by atoms with Crippen LogP contribution >= 0.6 is 11.3 Å². The third-order valence-corrected chi connectivity index (χ3v) is 6.67. The van der Waals surface area contributed by atoms with E-state index in [1.54, 1.807) is 12.3 Å². The van der Waals surface area contributed by atoms with Gasteiger partial charge in [0.25, 0.3) is 17.7 Å². The van der Waals surface area contributed by atoms with E-state index < -0.39 is 35.6 Å². The molecule has 0 bridgehead atoms. The molecule has 2 aliphatic rings. The number of carbonyl (C=O) groups excluding carboxylic acids is 4. The number of thiazole rings is 1. The molecular weight excluding hydrogens is 470 g/mol. The van der Waals surface area contributed by atoms with Gasteiger partial charge in [-0.1, -0.05) is 11.3 Å². The molecule has 1 N–H and O–H groups in total. The largest absolute Gasteiger partial charge is 0.296 e. The quantitative estimate of drug-likeness (QED) is 0.546. The average molecular weight is 486 g/mol. The number of nitrogens with zero attached hydrogens (tertiary/aromatic N) is 5. The molecule has 0 aliphatic carbocycles. The number of benzene rings is 1. The molecule has 5 rings (SSSR count). The van der Waals surface area contributed by atoms with E-state index in [4.69, 9.17) is 0 Å². The first-order valence-corrected chi connectivity index (χ1v) is 11.0. The lowest BCUT2D eigenvalue weighted by molar-refractivity contribution is -0.136. The molecule has 1 atom stereocenters. The van der Waals surface area contributed by atoms with Gasteiger partial charge in [-0.05, 0) is 18.6 Å². The summed E-state index contributed by atoms with van der Waals surface area (Å²) in [5.74, 6) is -5.37. The first-order chi connectivity index (χ1) is 16.1. The summed E-state index contributed by atoms with van der Waals surface area (Å²) in [5, 5.41) is 9.94. The van der Waals surface area contributed by atoms with Gasteiger partial charge in [0, 0.05) is 30.0 Å². The van der Waals surface area contributed by atoms with Crippen LogP contribution in [0.5, 0.6) is 0 Å². The van der Waals surface area contributed by atoms with Crippen LogP contribution in [0.3, 0.4) is 0 Å². The summed E-state index contributed by atoms with van der Waals surface area (Å²) in [6.07, 6.45) is 3.06. The van der Waals surface area contributed by atoms with Crippen LogP contribution in [0.4, 0.5) is 8.78 Å². The SMILES string of the molecule is CC(F)(F)c1ncc(Cn2cc(-c3ccc4c(c3)C(=O)N(C3CCC(=O)NC3=O)C4=O)nn2)s1. The first kappa shape index (κ1) is 21.9. The van der Waals surface area contributed by atoms with Crippen LogP contribution in [-0.2, 0) is 22.1 Å². The van der Waals surface area contributed by atoms with E-state index in [0.717, 1.165) is 23.2 Å². The van der Waals surface area contributed by atoms with Crippen molar-refractivity contribution in [3.63, 3.8) is 0 Å². The van der Waals surface area contributed by atoms with E-state index in [-0.39, 0.29) is 35.5 Å². The summed E-state index contributed by atoms with van der Waals surface area (Å²) >= 11 is 0.879. The molecule has 13 heteroatoms. The van der Waals surface area contributed by atoms with Gasteiger partial charge in [-0.3, -0.25) is 29.4 Å². The summed E-state index contributed by atoms with van der Waals surface area (Å²) in [4.78, 5) is 54.6. The highest BCUT2D eigenvalue weighted by Crippen LogP contribution is 2.32. The van der Waals surface area contributed by atoms with Gasteiger partial charge in [-0.25, -0.2) is 9.67 Å². The van der Waals surface area contributed by atoms with Crippen molar-refractivity contribution in [1.29, 1.82) is 0 Å². The van der Waals surface area contributed by atoms with E-state index in [2.05, 4.69) is 20.6 Å². The predicted molar refractivity (Wildman–Crippen MR) is 113 cm³/mol. The van der Waals surface area contributed by atoms with Crippen molar-refractivity contribution in [2.24, 2.45) is 0 Å². The van der Waals surface area contributed by atoms with Gasteiger partial charge in [0.1, 0.15) is 11.7 Å². The Hall–Kier alpha value is -3.87. The Kier molecular flexibility index (Phi) is 5.08. The fourth-order valence-electron chi connectivity index (χ4n) is 3.88. The van der Waals surface area contributed by atoms with E-state index >= 15 is 0 Å². The number of hydrogen-bond donors (Lipinski definition) is 1. The van der Waals surface area contributed by atoms with Crippen LogP contribution in [0.2, 0.25) is 0 Å². The molecule has 1 unspecified atom stereocenters. The minimum atomic E-state index is -3.02. The average Bonchev–Trinajstić information content (AvgIpc) is 3.49. The van der Waals surface area contributed by atoms with E-state index in [0.29, 0.717) is 16.1 Å². The number of rotatable bonds is 5. The predicted octanol–water partition coefficient (Wildman–Crippen LogP) is 1.96. The van der Waals surface area contributed by atoms with Gasteiger partial charge in [0.2, 0.25) is 11.8 Å². The zero-order valence-electron chi connectivity index (χ0n) is 17.6. The monoisotopic (exact) mass is 486 g/mol. The lowest BCUT2D eigenvalue weighted by atomic mass is 10.0. The number of aromatic nitrogens is 4. The number of alkyl halides is 2. The van der Waals surface area contributed by atoms with Gasteiger partial charge >= 0.3 is 0 Å². The number of nitrogens with one attached hydrogen (secondary N) is 1. The number of halogens is 2. The molecule has 0 spiro atoms. The third-order valence-electron chi connectivity index (χ3n) is 5.52. The van der Waals surface area contributed by atoms with Crippen LogP contribution in [0.25, 0.3) is 11.3 Å². The maximum Gasteiger partial charge on any atom is 0.296 e. The molecule has 1 fully saturated rings. The molecule has 1 saturated heterocycles. The minimum Gasteiger partial charge on any atom is -0.295 e. The lowest BCUT2D eigenvalue weighted by Gasteiger charge is -2.27. The van der Waals surface area contributed by atoms with Crippen molar-refractivity contribution >= 4 is 35.0 Å². The summed E-state index contributed by atoms with van der Waals surface area (Å²) in [5.41, 5.74) is 1.21. The Labute approximate surface area is 194 Å². The second kappa shape index (κ2) is 7.87. The van der Waals surface area contributed by atoms with Crippen molar-refractivity contribution in [2.45, 2.75) is 38.3 Å². The molecule has 10 nitrogen and oxygen atoms in total. The molecule has 0 saturated carbocycles. The Morgan fingerprint density at radius 1 is 1.18 bits per heavy atom. The van der Waals surface area contributed by atoms with Crippen molar-refractivity contribution in [3.8, 4) is 11.3 Å². The Balaban J connectivity index is 1.37. The number of carbonyl (C=O) groups is 4. The smallest absolute Gasteiger partial charge is 0.295 e. The van der Waals surface area contributed by atoms with Crippen LogP contribution in [-0.4, -0.2) is 54.5 Å². The zero-order valence-corrected chi connectivity index (χ0v) is 18.4. The molecule has 174 valence electrons. The topological polar surface area (TPSA) is 127 Å². The molecule has 3 aromatic rings. The maximum atomic E-state index is 13.4. The van der Waals surface area contributed by atoms with Gasteiger partial charge in [-0.15, -0.1) is 16.4 Å². The maximum absolute atomic E-state index is 13.4. The number of piperidine rings is 1. The van der Waals surface area contributed by atoms with Crippen molar-refractivity contribution < 1.29 is 28.0 Å². The van der Waals surface area contributed by atoms with Crippen LogP contribution in [0.15, 0.2) is 30.6 Å².